The third kappa shape index (κ3) is 4.71. The number of benzene rings is 3. The standard InChI is InChI=1S/C34H31N3O2S/c1-4-20-37-33(40-31(34(37)38)18-16-25-19-21-35(3)28-14-10-9-13-27(25)28)23-32-36(5-2)29-22-26(15-17-30(29)39-32)24-11-7-6-8-12-24/h4,6-19,21-23,32H,1,5,20H2,2-3H3/b25-16-,31-18-,33-23-. The van der Waals surface area contributed by atoms with Crippen LogP contribution in [0.3, 0.4) is 0 Å². The number of allylic oxidation sites excluding steroid dienone is 4. The van der Waals surface area contributed by atoms with Gasteiger partial charge in [-0.1, -0.05) is 66.7 Å². The lowest BCUT2D eigenvalue weighted by atomic mass is 10.00. The zero-order valence-electron chi connectivity index (χ0n) is 22.7. The van der Waals surface area contributed by atoms with Gasteiger partial charge in [0, 0.05) is 43.7 Å². The van der Waals surface area contributed by atoms with Gasteiger partial charge in [-0.2, -0.15) is 0 Å². The normalized spacial score (nSPS) is 17.8. The maximum Gasteiger partial charge on any atom is 0.269 e. The van der Waals surface area contributed by atoms with Gasteiger partial charge in [0.15, 0.2) is 6.23 Å². The maximum atomic E-state index is 13.5. The first-order valence-corrected chi connectivity index (χ1v) is 14.3. The van der Waals surface area contributed by atoms with E-state index in [-0.39, 0.29) is 11.8 Å². The maximum absolute atomic E-state index is 13.5. The molecule has 4 aromatic rings. The topological polar surface area (TPSA) is 37.7 Å². The number of fused-ring (bicyclic) bond motifs is 2. The molecule has 0 radical (unpaired) electrons. The third-order valence-electron chi connectivity index (χ3n) is 7.29. The number of hydrogen-bond acceptors (Lipinski definition) is 5. The van der Waals surface area contributed by atoms with E-state index in [0.29, 0.717) is 11.1 Å². The summed E-state index contributed by atoms with van der Waals surface area (Å²) in [6.45, 7) is 7.22. The van der Waals surface area contributed by atoms with Crippen molar-refractivity contribution in [1.82, 2.24) is 4.57 Å². The molecule has 0 bridgehead atoms. The molecule has 1 aromatic heterocycles. The van der Waals surface area contributed by atoms with Crippen LogP contribution in [-0.4, -0.2) is 24.4 Å². The minimum absolute atomic E-state index is 0.0249. The van der Waals surface area contributed by atoms with Gasteiger partial charge in [0.25, 0.3) is 5.56 Å². The zero-order chi connectivity index (χ0) is 27.6. The molecule has 2 aliphatic rings. The Kier molecular flexibility index (Phi) is 7.01. The van der Waals surface area contributed by atoms with Crippen molar-refractivity contribution >= 4 is 40.4 Å². The Morgan fingerprint density at radius 1 is 0.975 bits per heavy atom. The molecule has 0 aliphatic carbocycles. The van der Waals surface area contributed by atoms with E-state index in [0.717, 1.165) is 45.0 Å². The van der Waals surface area contributed by atoms with E-state index in [1.165, 1.54) is 16.9 Å². The average Bonchev–Trinajstić information content (AvgIpc) is 3.49. The quantitative estimate of drug-likeness (QED) is 0.295. The van der Waals surface area contributed by atoms with Gasteiger partial charge in [0.05, 0.1) is 10.2 Å². The summed E-state index contributed by atoms with van der Waals surface area (Å²) in [5.74, 6) is 0.848. The molecule has 5 nitrogen and oxygen atoms in total. The number of ether oxygens (including phenoxy) is 1. The van der Waals surface area contributed by atoms with Crippen molar-refractivity contribution in [1.29, 1.82) is 0 Å². The lowest BCUT2D eigenvalue weighted by Crippen LogP contribution is -2.36. The van der Waals surface area contributed by atoms with Crippen LogP contribution in [0.15, 0.2) is 109 Å². The second-order valence-electron chi connectivity index (χ2n) is 9.75. The van der Waals surface area contributed by atoms with E-state index in [9.17, 15) is 4.79 Å². The van der Waals surface area contributed by atoms with Crippen molar-refractivity contribution in [2.24, 2.45) is 0 Å². The number of hydrogen-bond donors (Lipinski definition) is 0. The van der Waals surface area contributed by atoms with Crippen LogP contribution in [0, 0.1) is 0 Å². The SMILES string of the molecule is C=CCn1c(=O)/c(=C/C=C2/C=CN(C)c3ccccc32)s/c1=C\C1Oc2ccc(-c3ccccc3)cc2N1CC. The number of anilines is 2. The van der Waals surface area contributed by atoms with E-state index in [1.54, 1.807) is 10.6 Å². The molecule has 2 aliphatic heterocycles. The summed E-state index contributed by atoms with van der Waals surface area (Å²) in [5, 5.41) is 0. The van der Waals surface area contributed by atoms with Crippen LogP contribution in [0.5, 0.6) is 5.75 Å². The van der Waals surface area contributed by atoms with Gasteiger partial charge < -0.3 is 14.5 Å². The van der Waals surface area contributed by atoms with Crippen molar-refractivity contribution in [3.8, 4) is 16.9 Å². The van der Waals surface area contributed by atoms with Crippen LogP contribution in [0.4, 0.5) is 11.4 Å². The highest BCUT2D eigenvalue weighted by Crippen LogP contribution is 2.40. The Morgan fingerprint density at radius 3 is 2.58 bits per heavy atom. The highest BCUT2D eigenvalue weighted by molar-refractivity contribution is 7.07. The van der Waals surface area contributed by atoms with Crippen LogP contribution in [0.25, 0.3) is 28.9 Å². The van der Waals surface area contributed by atoms with Crippen molar-refractivity contribution < 1.29 is 4.74 Å². The molecule has 40 heavy (non-hydrogen) atoms. The van der Waals surface area contributed by atoms with E-state index in [4.69, 9.17) is 4.74 Å². The van der Waals surface area contributed by atoms with Gasteiger partial charge in [-0.3, -0.25) is 9.36 Å². The van der Waals surface area contributed by atoms with Crippen LogP contribution >= 0.6 is 11.3 Å². The zero-order valence-corrected chi connectivity index (χ0v) is 23.5. The largest absolute Gasteiger partial charge is 0.465 e. The molecule has 0 fully saturated rings. The highest BCUT2D eigenvalue weighted by Gasteiger charge is 2.29. The smallest absolute Gasteiger partial charge is 0.269 e. The monoisotopic (exact) mass is 545 g/mol. The molecule has 200 valence electrons. The fraction of sp³-hybridized carbons (Fsp3) is 0.147. The van der Waals surface area contributed by atoms with Gasteiger partial charge in [-0.15, -0.1) is 17.9 Å². The molecule has 0 saturated heterocycles. The van der Waals surface area contributed by atoms with Crippen molar-refractivity contribution in [2.75, 3.05) is 23.4 Å². The van der Waals surface area contributed by atoms with Gasteiger partial charge in [-0.25, -0.2) is 0 Å². The summed E-state index contributed by atoms with van der Waals surface area (Å²) >= 11 is 1.48. The van der Waals surface area contributed by atoms with E-state index < -0.39 is 0 Å². The molecule has 0 spiro atoms. The van der Waals surface area contributed by atoms with Crippen LogP contribution in [0.1, 0.15) is 12.5 Å². The molecule has 1 unspecified atom stereocenters. The lowest BCUT2D eigenvalue weighted by molar-refractivity contribution is 0.289. The highest BCUT2D eigenvalue weighted by atomic mass is 32.1. The van der Waals surface area contributed by atoms with Crippen molar-refractivity contribution in [3.05, 3.63) is 129 Å². The minimum atomic E-state index is -0.310. The molecule has 1 atom stereocenters. The first kappa shape index (κ1) is 25.7. The summed E-state index contributed by atoms with van der Waals surface area (Å²) in [4.78, 5) is 17.8. The molecule has 6 heteroatoms. The van der Waals surface area contributed by atoms with E-state index in [1.807, 2.05) is 49.7 Å². The van der Waals surface area contributed by atoms with E-state index in [2.05, 4.69) is 84.0 Å². The first-order valence-electron chi connectivity index (χ1n) is 13.4. The molecule has 0 N–H and O–H groups in total. The predicted octanol–water partition coefficient (Wildman–Crippen LogP) is 5.62. The number of nitrogens with zero attached hydrogens (tertiary/aromatic N) is 3. The van der Waals surface area contributed by atoms with Gasteiger partial charge in [0.1, 0.15) is 10.4 Å². The molecule has 6 rings (SSSR count). The molecular formula is C34H31N3O2S. The number of thiazole rings is 1. The van der Waals surface area contributed by atoms with E-state index >= 15 is 0 Å². The summed E-state index contributed by atoms with van der Waals surface area (Å²) in [7, 11) is 2.04. The summed E-state index contributed by atoms with van der Waals surface area (Å²) < 4.78 is 9.70. The molecule has 3 aromatic carbocycles. The van der Waals surface area contributed by atoms with Gasteiger partial charge in [0.2, 0.25) is 0 Å². The third-order valence-corrected chi connectivity index (χ3v) is 8.39. The number of para-hydroxylation sites is 1. The van der Waals surface area contributed by atoms with Gasteiger partial charge in [-0.05, 0) is 54.0 Å². The van der Waals surface area contributed by atoms with Crippen LogP contribution in [0.2, 0.25) is 0 Å². The Labute approximate surface area is 238 Å². The summed E-state index contributed by atoms with van der Waals surface area (Å²) in [6.07, 6.45) is 11.6. The molecule has 3 heterocycles. The lowest BCUT2D eigenvalue weighted by Gasteiger charge is -2.23. The second-order valence-corrected chi connectivity index (χ2v) is 10.8. The van der Waals surface area contributed by atoms with Crippen LogP contribution < -0.4 is 29.3 Å². The average molecular weight is 546 g/mol. The Morgan fingerprint density at radius 2 is 1.77 bits per heavy atom. The minimum Gasteiger partial charge on any atom is -0.465 e. The molecule has 0 saturated carbocycles. The predicted molar refractivity (Wildman–Crippen MR) is 168 cm³/mol. The Bertz CT molecular complexity index is 1810. The number of aromatic nitrogens is 1. The first-order chi connectivity index (χ1) is 19.6. The molecular weight excluding hydrogens is 514 g/mol. The number of rotatable bonds is 6. The van der Waals surface area contributed by atoms with Crippen molar-refractivity contribution in [3.63, 3.8) is 0 Å². The fourth-order valence-corrected chi connectivity index (χ4v) is 6.26. The molecule has 0 amide bonds. The van der Waals surface area contributed by atoms with Crippen LogP contribution in [-0.2, 0) is 6.54 Å². The van der Waals surface area contributed by atoms with Gasteiger partial charge >= 0.3 is 0 Å². The summed E-state index contributed by atoms with van der Waals surface area (Å²) in [6, 6.07) is 25.0. The fourth-order valence-electron chi connectivity index (χ4n) is 5.25. The second kappa shape index (κ2) is 10.9. The Hall–Kier alpha value is -4.55. The van der Waals surface area contributed by atoms with Crippen molar-refractivity contribution in [2.45, 2.75) is 19.7 Å². The summed E-state index contributed by atoms with van der Waals surface area (Å²) in [5.41, 5.74) is 6.71. The Balaban J connectivity index is 1.38.